The minimum absolute atomic E-state index is 0.132. The molecule has 0 spiro atoms. The summed E-state index contributed by atoms with van der Waals surface area (Å²) in [5.74, 6) is 0.599. The maximum Gasteiger partial charge on any atom is 0.206 e. The standard InChI is InChI=1S/C16H22N6S/c1-9(2)6-12(17)8-18-16-22-21-15(23-16)11-4-5-14-13(7-11)10(3)19-20-14/h4-5,7,9,12H,6,8,17H2,1-3H3,(H,18,22)(H,19,20)/t12-/m1/s1. The maximum atomic E-state index is 6.09. The molecule has 0 aliphatic carbocycles. The Morgan fingerprint density at radius 2 is 2.13 bits per heavy atom. The molecule has 0 amide bonds. The third-order valence-electron chi connectivity index (χ3n) is 3.71. The molecule has 0 aliphatic heterocycles. The fourth-order valence-corrected chi connectivity index (χ4v) is 3.34. The smallest absolute Gasteiger partial charge is 0.206 e. The van der Waals surface area contributed by atoms with Gasteiger partial charge in [0.05, 0.1) is 11.2 Å². The first kappa shape index (κ1) is 15.9. The molecule has 0 saturated carbocycles. The van der Waals surface area contributed by atoms with Crippen molar-refractivity contribution in [3.63, 3.8) is 0 Å². The quantitative estimate of drug-likeness (QED) is 0.645. The third-order valence-corrected chi connectivity index (χ3v) is 4.65. The van der Waals surface area contributed by atoms with Crippen LogP contribution in [0.15, 0.2) is 18.2 Å². The molecule has 0 radical (unpaired) electrons. The van der Waals surface area contributed by atoms with E-state index >= 15 is 0 Å². The van der Waals surface area contributed by atoms with E-state index in [1.807, 2.05) is 19.1 Å². The van der Waals surface area contributed by atoms with Gasteiger partial charge in [-0.2, -0.15) is 5.10 Å². The van der Waals surface area contributed by atoms with Gasteiger partial charge in [0.15, 0.2) is 0 Å². The summed E-state index contributed by atoms with van der Waals surface area (Å²) in [7, 11) is 0. The molecule has 6 nitrogen and oxygen atoms in total. The molecule has 0 fully saturated rings. The molecule has 2 heterocycles. The second kappa shape index (κ2) is 6.64. The Kier molecular flexibility index (Phi) is 4.58. The number of rotatable bonds is 6. The summed E-state index contributed by atoms with van der Waals surface area (Å²) in [6, 6.07) is 6.29. The van der Waals surface area contributed by atoms with Crippen LogP contribution in [0.25, 0.3) is 21.5 Å². The van der Waals surface area contributed by atoms with Crippen LogP contribution >= 0.6 is 11.3 Å². The molecule has 2 aromatic heterocycles. The molecule has 23 heavy (non-hydrogen) atoms. The zero-order valence-electron chi connectivity index (χ0n) is 13.6. The van der Waals surface area contributed by atoms with Gasteiger partial charge in [-0.1, -0.05) is 25.2 Å². The van der Waals surface area contributed by atoms with Crippen LogP contribution in [0.2, 0.25) is 0 Å². The number of H-pyrrole nitrogens is 1. The van der Waals surface area contributed by atoms with Crippen molar-refractivity contribution >= 4 is 27.4 Å². The number of anilines is 1. The van der Waals surface area contributed by atoms with Gasteiger partial charge < -0.3 is 11.1 Å². The highest BCUT2D eigenvalue weighted by molar-refractivity contribution is 7.18. The Hall–Kier alpha value is -1.99. The van der Waals surface area contributed by atoms with Crippen LogP contribution < -0.4 is 11.1 Å². The second-order valence-corrected chi connectivity index (χ2v) is 7.23. The fraction of sp³-hybridized carbons (Fsp3) is 0.438. The highest BCUT2D eigenvalue weighted by atomic mass is 32.1. The number of aromatic nitrogens is 4. The molecule has 1 aromatic carbocycles. The van der Waals surface area contributed by atoms with E-state index in [2.05, 4.69) is 45.6 Å². The Morgan fingerprint density at radius 3 is 2.91 bits per heavy atom. The normalized spacial score (nSPS) is 12.9. The second-order valence-electron chi connectivity index (χ2n) is 6.25. The maximum absolute atomic E-state index is 6.09. The number of aromatic amines is 1. The van der Waals surface area contributed by atoms with Gasteiger partial charge in [0.2, 0.25) is 5.13 Å². The minimum atomic E-state index is 0.132. The van der Waals surface area contributed by atoms with Crippen LogP contribution in [0.4, 0.5) is 5.13 Å². The number of nitrogens with two attached hydrogens (primary N) is 1. The lowest BCUT2D eigenvalue weighted by Gasteiger charge is -2.13. The number of nitrogens with one attached hydrogen (secondary N) is 2. The average Bonchev–Trinajstić information content (AvgIpc) is 3.12. The predicted octanol–water partition coefficient (Wildman–Crippen LogP) is 3.18. The largest absolute Gasteiger partial charge is 0.359 e. The van der Waals surface area contributed by atoms with Gasteiger partial charge >= 0.3 is 0 Å². The van der Waals surface area contributed by atoms with Crippen molar-refractivity contribution in [3.8, 4) is 10.6 Å². The SMILES string of the molecule is Cc1n[nH]c2ccc(-c3nnc(NC[C@H](N)CC(C)C)s3)cc12. The zero-order chi connectivity index (χ0) is 16.4. The van der Waals surface area contributed by atoms with Crippen molar-refractivity contribution < 1.29 is 0 Å². The first-order valence-electron chi connectivity index (χ1n) is 7.81. The van der Waals surface area contributed by atoms with Gasteiger partial charge in [0.25, 0.3) is 0 Å². The lowest BCUT2D eigenvalue weighted by Crippen LogP contribution is -2.30. The van der Waals surface area contributed by atoms with E-state index < -0.39 is 0 Å². The number of hydrogen-bond acceptors (Lipinski definition) is 6. The van der Waals surface area contributed by atoms with Crippen molar-refractivity contribution in [1.29, 1.82) is 0 Å². The summed E-state index contributed by atoms with van der Waals surface area (Å²) in [5, 5.41) is 21.8. The van der Waals surface area contributed by atoms with Gasteiger partial charge in [0.1, 0.15) is 5.01 Å². The number of hydrogen-bond donors (Lipinski definition) is 3. The molecule has 0 unspecified atom stereocenters. The van der Waals surface area contributed by atoms with Crippen molar-refractivity contribution in [3.05, 3.63) is 23.9 Å². The van der Waals surface area contributed by atoms with Gasteiger partial charge in [0, 0.05) is 23.5 Å². The van der Waals surface area contributed by atoms with E-state index in [-0.39, 0.29) is 6.04 Å². The summed E-state index contributed by atoms with van der Waals surface area (Å²) < 4.78 is 0. The number of fused-ring (bicyclic) bond motifs is 1. The summed E-state index contributed by atoms with van der Waals surface area (Å²) in [4.78, 5) is 0. The van der Waals surface area contributed by atoms with Crippen LogP contribution in [-0.4, -0.2) is 33.0 Å². The molecule has 122 valence electrons. The number of benzene rings is 1. The monoisotopic (exact) mass is 330 g/mol. The third kappa shape index (κ3) is 3.68. The summed E-state index contributed by atoms with van der Waals surface area (Å²) >= 11 is 1.54. The van der Waals surface area contributed by atoms with E-state index in [0.29, 0.717) is 12.5 Å². The molecule has 3 rings (SSSR count). The van der Waals surface area contributed by atoms with Crippen LogP contribution in [0.3, 0.4) is 0 Å². The van der Waals surface area contributed by atoms with Crippen molar-refractivity contribution in [2.75, 3.05) is 11.9 Å². The van der Waals surface area contributed by atoms with E-state index in [4.69, 9.17) is 5.73 Å². The Balaban J connectivity index is 1.71. The number of aryl methyl sites for hydroxylation is 1. The lowest BCUT2D eigenvalue weighted by atomic mass is 10.1. The van der Waals surface area contributed by atoms with Crippen molar-refractivity contribution in [2.45, 2.75) is 33.2 Å². The predicted molar refractivity (Wildman–Crippen MR) is 95.7 cm³/mol. The molecule has 3 aromatic rings. The molecule has 7 heteroatoms. The van der Waals surface area contributed by atoms with Crippen molar-refractivity contribution in [2.24, 2.45) is 11.7 Å². The molecule has 0 bridgehead atoms. The summed E-state index contributed by atoms with van der Waals surface area (Å²) in [6.07, 6.45) is 0.995. The van der Waals surface area contributed by atoms with Gasteiger partial charge in [-0.05, 0) is 37.5 Å². The first-order valence-corrected chi connectivity index (χ1v) is 8.62. The van der Waals surface area contributed by atoms with E-state index in [1.54, 1.807) is 11.3 Å². The van der Waals surface area contributed by atoms with Gasteiger partial charge in [-0.3, -0.25) is 5.10 Å². The zero-order valence-corrected chi connectivity index (χ0v) is 14.4. The summed E-state index contributed by atoms with van der Waals surface area (Å²) in [6.45, 7) is 7.06. The van der Waals surface area contributed by atoms with E-state index in [0.717, 1.165) is 38.7 Å². The van der Waals surface area contributed by atoms with Crippen molar-refractivity contribution in [1.82, 2.24) is 20.4 Å². The molecular weight excluding hydrogens is 308 g/mol. The van der Waals surface area contributed by atoms with Crippen LogP contribution in [0.1, 0.15) is 26.0 Å². The average molecular weight is 330 g/mol. The Morgan fingerprint density at radius 1 is 1.30 bits per heavy atom. The highest BCUT2D eigenvalue weighted by Crippen LogP contribution is 2.29. The molecule has 0 saturated heterocycles. The van der Waals surface area contributed by atoms with Crippen LogP contribution in [0, 0.1) is 12.8 Å². The molecule has 4 N–H and O–H groups in total. The van der Waals surface area contributed by atoms with E-state index in [9.17, 15) is 0 Å². The lowest BCUT2D eigenvalue weighted by molar-refractivity contribution is 0.508. The molecular formula is C16H22N6S. The highest BCUT2D eigenvalue weighted by Gasteiger charge is 2.11. The van der Waals surface area contributed by atoms with E-state index in [1.165, 1.54) is 0 Å². The van der Waals surface area contributed by atoms with Gasteiger partial charge in [-0.15, -0.1) is 10.2 Å². The topological polar surface area (TPSA) is 92.5 Å². The number of nitrogens with zero attached hydrogens (tertiary/aromatic N) is 3. The first-order chi connectivity index (χ1) is 11.0. The Labute approximate surface area is 139 Å². The van der Waals surface area contributed by atoms with Crippen LogP contribution in [0.5, 0.6) is 0 Å². The fourth-order valence-electron chi connectivity index (χ4n) is 2.60. The molecule has 0 aliphatic rings. The summed E-state index contributed by atoms with van der Waals surface area (Å²) in [5.41, 5.74) is 9.17. The van der Waals surface area contributed by atoms with Gasteiger partial charge in [-0.25, -0.2) is 0 Å². The molecule has 1 atom stereocenters. The Bertz CT molecular complexity index is 791. The van der Waals surface area contributed by atoms with Crippen LogP contribution in [-0.2, 0) is 0 Å². The minimum Gasteiger partial charge on any atom is -0.359 e.